The molecule has 0 aliphatic heterocycles. The quantitative estimate of drug-likeness (QED) is 0.845. The highest BCUT2D eigenvalue weighted by Gasteiger charge is 2.13. The summed E-state index contributed by atoms with van der Waals surface area (Å²) in [5.41, 5.74) is -0.0938. The van der Waals surface area contributed by atoms with E-state index in [1.807, 2.05) is 0 Å². The van der Waals surface area contributed by atoms with E-state index in [9.17, 15) is 17.6 Å². The monoisotopic (exact) mass is 247 g/mol. The fraction of sp³-hybridized carbons (Fsp3) is 0.222. The second-order valence-corrected chi connectivity index (χ2v) is 4.80. The average molecular weight is 247 g/mol. The molecule has 1 N–H and O–H groups in total. The van der Waals surface area contributed by atoms with Crippen molar-refractivity contribution in [1.82, 2.24) is 4.72 Å². The van der Waals surface area contributed by atoms with E-state index in [-0.39, 0.29) is 11.3 Å². The number of hydrogen-bond donors (Lipinski definition) is 1. The van der Waals surface area contributed by atoms with Gasteiger partial charge in [0.2, 0.25) is 10.0 Å². The van der Waals surface area contributed by atoms with Gasteiger partial charge < -0.3 is 4.74 Å². The largest absolute Gasteiger partial charge is 0.494 e. The van der Waals surface area contributed by atoms with Gasteiger partial charge in [-0.1, -0.05) is 0 Å². The van der Waals surface area contributed by atoms with Crippen LogP contribution in [0, 0.1) is 5.82 Å². The Morgan fingerprint density at radius 3 is 2.50 bits per heavy atom. The molecule has 0 heterocycles. The minimum atomic E-state index is -3.65. The molecular weight excluding hydrogens is 237 g/mol. The van der Waals surface area contributed by atoms with Gasteiger partial charge in [-0.3, -0.25) is 4.79 Å². The van der Waals surface area contributed by atoms with Crippen LogP contribution in [-0.4, -0.2) is 27.7 Å². The summed E-state index contributed by atoms with van der Waals surface area (Å²) >= 11 is 0. The number of hydrogen-bond acceptors (Lipinski definition) is 4. The normalized spacial score (nSPS) is 10.9. The Labute approximate surface area is 92.3 Å². The number of carbonyl (C=O) groups excluding carboxylic acids is 1. The maximum Gasteiger partial charge on any atom is 0.264 e. The van der Waals surface area contributed by atoms with E-state index < -0.39 is 21.7 Å². The summed E-state index contributed by atoms with van der Waals surface area (Å²) in [4.78, 5) is 11.3. The number of rotatable bonds is 3. The molecule has 0 spiro atoms. The zero-order chi connectivity index (χ0) is 12.3. The smallest absolute Gasteiger partial charge is 0.264 e. The Morgan fingerprint density at radius 1 is 1.44 bits per heavy atom. The molecule has 16 heavy (non-hydrogen) atoms. The second kappa shape index (κ2) is 4.48. The first-order chi connectivity index (χ1) is 7.33. The van der Waals surface area contributed by atoms with Gasteiger partial charge in [0.05, 0.1) is 13.4 Å². The number of halogens is 1. The van der Waals surface area contributed by atoms with Crippen LogP contribution < -0.4 is 9.46 Å². The van der Waals surface area contributed by atoms with E-state index in [0.717, 1.165) is 12.3 Å². The predicted octanol–water partition coefficient (Wildman–Crippen LogP) is 0.524. The molecule has 1 aromatic carbocycles. The highest BCUT2D eigenvalue weighted by Crippen LogP contribution is 2.17. The molecule has 0 unspecified atom stereocenters. The van der Waals surface area contributed by atoms with Crippen LogP contribution in [0.4, 0.5) is 4.39 Å². The van der Waals surface area contributed by atoms with Crippen molar-refractivity contribution in [3.63, 3.8) is 0 Å². The molecule has 0 saturated carbocycles. The van der Waals surface area contributed by atoms with Crippen molar-refractivity contribution in [3.8, 4) is 5.75 Å². The molecule has 1 rings (SSSR count). The van der Waals surface area contributed by atoms with E-state index in [0.29, 0.717) is 0 Å². The van der Waals surface area contributed by atoms with Gasteiger partial charge in [0.15, 0.2) is 11.6 Å². The lowest BCUT2D eigenvalue weighted by atomic mass is 10.2. The van der Waals surface area contributed by atoms with E-state index in [2.05, 4.69) is 4.74 Å². The van der Waals surface area contributed by atoms with Crippen LogP contribution in [0.5, 0.6) is 5.75 Å². The molecule has 88 valence electrons. The van der Waals surface area contributed by atoms with Crippen LogP contribution in [0.2, 0.25) is 0 Å². The van der Waals surface area contributed by atoms with Crippen molar-refractivity contribution in [2.24, 2.45) is 0 Å². The minimum Gasteiger partial charge on any atom is -0.494 e. The second-order valence-electron chi connectivity index (χ2n) is 3.05. The lowest BCUT2D eigenvalue weighted by Gasteiger charge is -2.05. The van der Waals surface area contributed by atoms with Crippen LogP contribution in [-0.2, 0) is 10.0 Å². The number of benzene rings is 1. The van der Waals surface area contributed by atoms with Crippen molar-refractivity contribution >= 4 is 15.9 Å². The van der Waals surface area contributed by atoms with E-state index >= 15 is 0 Å². The Kier molecular flexibility index (Phi) is 3.48. The van der Waals surface area contributed by atoms with E-state index in [1.165, 1.54) is 19.2 Å². The van der Waals surface area contributed by atoms with Gasteiger partial charge >= 0.3 is 0 Å². The summed E-state index contributed by atoms with van der Waals surface area (Å²) in [7, 11) is -2.37. The summed E-state index contributed by atoms with van der Waals surface area (Å²) in [5.74, 6) is -1.64. The van der Waals surface area contributed by atoms with Crippen LogP contribution in [0.25, 0.3) is 0 Å². The maximum atomic E-state index is 13.2. The summed E-state index contributed by atoms with van der Waals surface area (Å²) in [6, 6.07) is 3.41. The van der Waals surface area contributed by atoms with Crippen molar-refractivity contribution in [3.05, 3.63) is 29.6 Å². The Balaban J connectivity index is 2.98. The van der Waals surface area contributed by atoms with Gasteiger partial charge in [-0.25, -0.2) is 17.5 Å². The van der Waals surface area contributed by atoms with Gasteiger partial charge in [-0.2, -0.15) is 0 Å². The standard InChI is InChI=1S/C9H10FNO4S/c1-15-8-4-3-6(5-7(8)10)9(12)11-16(2,13)14/h3-5H,1-2H3,(H,11,12). The fourth-order valence-electron chi connectivity index (χ4n) is 1.03. The molecule has 0 aliphatic rings. The fourth-order valence-corrected chi connectivity index (χ4v) is 1.49. The molecule has 0 bridgehead atoms. The van der Waals surface area contributed by atoms with E-state index in [1.54, 1.807) is 4.72 Å². The molecule has 1 aromatic rings. The van der Waals surface area contributed by atoms with Crippen LogP contribution >= 0.6 is 0 Å². The Morgan fingerprint density at radius 2 is 2.06 bits per heavy atom. The van der Waals surface area contributed by atoms with Gasteiger partial charge in [0.1, 0.15) is 0 Å². The van der Waals surface area contributed by atoms with Crippen LogP contribution in [0.1, 0.15) is 10.4 Å². The average Bonchev–Trinajstić information content (AvgIpc) is 2.15. The third kappa shape index (κ3) is 3.20. The van der Waals surface area contributed by atoms with Crippen LogP contribution in [0.3, 0.4) is 0 Å². The van der Waals surface area contributed by atoms with Gasteiger partial charge in [0, 0.05) is 5.56 Å². The molecule has 0 atom stereocenters. The molecular formula is C9H10FNO4S. The topological polar surface area (TPSA) is 72.5 Å². The number of nitrogens with one attached hydrogen (secondary N) is 1. The lowest BCUT2D eigenvalue weighted by molar-refractivity contribution is 0.0981. The van der Waals surface area contributed by atoms with E-state index in [4.69, 9.17) is 0 Å². The first-order valence-corrected chi connectivity index (χ1v) is 6.08. The number of sulfonamides is 1. The summed E-state index contributed by atoms with van der Waals surface area (Å²) < 4.78 is 41.1. The van der Waals surface area contributed by atoms with Crippen molar-refractivity contribution in [1.29, 1.82) is 0 Å². The molecule has 0 fully saturated rings. The summed E-state index contributed by atoms with van der Waals surface area (Å²) in [6.45, 7) is 0. The first kappa shape index (κ1) is 12.4. The Hall–Kier alpha value is -1.63. The number of amides is 1. The zero-order valence-corrected chi connectivity index (χ0v) is 9.47. The lowest BCUT2D eigenvalue weighted by Crippen LogP contribution is -2.29. The molecule has 0 saturated heterocycles. The summed E-state index contributed by atoms with van der Waals surface area (Å²) in [6.07, 6.45) is 0.838. The molecule has 1 amide bonds. The first-order valence-electron chi connectivity index (χ1n) is 4.19. The van der Waals surface area contributed by atoms with Crippen LogP contribution in [0.15, 0.2) is 18.2 Å². The maximum absolute atomic E-state index is 13.2. The van der Waals surface area contributed by atoms with Crippen molar-refractivity contribution < 1.29 is 22.3 Å². The number of methoxy groups -OCH3 is 1. The zero-order valence-electron chi connectivity index (χ0n) is 8.65. The van der Waals surface area contributed by atoms with Crippen molar-refractivity contribution in [2.45, 2.75) is 0 Å². The SMILES string of the molecule is COc1ccc(C(=O)NS(C)(=O)=O)cc1F. The number of ether oxygens (including phenoxy) is 1. The van der Waals surface area contributed by atoms with Gasteiger partial charge in [-0.15, -0.1) is 0 Å². The highest BCUT2D eigenvalue weighted by atomic mass is 32.2. The molecule has 7 heteroatoms. The highest BCUT2D eigenvalue weighted by molar-refractivity contribution is 7.89. The molecule has 5 nitrogen and oxygen atoms in total. The summed E-state index contributed by atoms with van der Waals surface area (Å²) in [5, 5.41) is 0. The number of carbonyl (C=O) groups is 1. The minimum absolute atomic E-state index is 0.0177. The molecule has 0 radical (unpaired) electrons. The van der Waals surface area contributed by atoms with Crippen molar-refractivity contribution in [2.75, 3.05) is 13.4 Å². The predicted molar refractivity (Wildman–Crippen MR) is 55.3 cm³/mol. The third-order valence-corrected chi connectivity index (χ3v) is 2.25. The van der Waals surface area contributed by atoms with Gasteiger partial charge in [-0.05, 0) is 18.2 Å². The molecule has 0 aromatic heterocycles. The Bertz CT molecular complexity index is 512. The molecule has 0 aliphatic carbocycles. The third-order valence-electron chi connectivity index (χ3n) is 1.69. The van der Waals surface area contributed by atoms with Gasteiger partial charge in [0.25, 0.3) is 5.91 Å².